The molecule has 1 aliphatic heterocycles. The fourth-order valence-electron chi connectivity index (χ4n) is 2.47. The number of ether oxygens (including phenoxy) is 3. The number of aryl methyl sites for hydroxylation is 1. The first-order valence-corrected chi connectivity index (χ1v) is 7.98. The Bertz CT molecular complexity index is 828. The van der Waals surface area contributed by atoms with Crippen molar-refractivity contribution < 1.29 is 19.0 Å². The first kappa shape index (κ1) is 16.8. The van der Waals surface area contributed by atoms with Crippen LogP contribution in [0.4, 0.5) is 0 Å². The van der Waals surface area contributed by atoms with Gasteiger partial charge in [-0.05, 0) is 35.8 Å². The number of cyclic esters (lactones) is 1. The second-order valence-corrected chi connectivity index (χ2v) is 5.53. The topological polar surface area (TPSA) is 57.1 Å². The third-order valence-corrected chi connectivity index (χ3v) is 3.91. The van der Waals surface area contributed by atoms with E-state index in [9.17, 15) is 4.79 Å². The molecule has 0 saturated heterocycles. The third kappa shape index (κ3) is 3.71. The van der Waals surface area contributed by atoms with Crippen molar-refractivity contribution in [1.29, 1.82) is 0 Å². The van der Waals surface area contributed by atoms with E-state index in [4.69, 9.17) is 14.2 Å². The lowest BCUT2D eigenvalue weighted by molar-refractivity contribution is -0.129. The lowest BCUT2D eigenvalue weighted by Gasteiger charge is -2.07. The summed E-state index contributed by atoms with van der Waals surface area (Å²) < 4.78 is 15.8. The van der Waals surface area contributed by atoms with Crippen LogP contribution in [0.15, 0.2) is 53.2 Å². The molecule has 0 saturated carbocycles. The molecule has 1 aliphatic rings. The summed E-state index contributed by atoms with van der Waals surface area (Å²) in [6, 6.07) is 13.2. The molecule has 3 rings (SSSR count). The molecule has 2 aromatic carbocycles. The van der Waals surface area contributed by atoms with E-state index >= 15 is 0 Å². The fraction of sp³-hybridized carbons (Fsp3) is 0.200. The lowest BCUT2D eigenvalue weighted by Crippen LogP contribution is -2.06. The SMILES string of the molecule is CCc1ccc(/C=C2\N=C(c3cc(OC)cc(OC)c3)OC2=O)cc1. The summed E-state index contributed by atoms with van der Waals surface area (Å²) >= 11 is 0. The monoisotopic (exact) mass is 337 g/mol. The molecule has 0 fully saturated rings. The van der Waals surface area contributed by atoms with Crippen LogP contribution in [0.1, 0.15) is 23.6 Å². The minimum absolute atomic E-state index is 0.235. The zero-order valence-electron chi connectivity index (χ0n) is 14.4. The van der Waals surface area contributed by atoms with Gasteiger partial charge in [-0.15, -0.1) is 0 Å². The summed E-state index contributed by atoms with van der Waals surface area (Å²) in [5.41, 5.74) is 3.02. The maximum atomic E-state index is 12.1. The van der Waals surface area contributed by atoms with Crippen LogP contribution in [0.2, 0.25) is 0 Å². The van der Waals surface area contributed by atoms with Crippen molar-refractivity contribution in [1.82, 2.24) is 0 Å². The van der Waals surface area contributed by atoms with Gasteiger partial charge in [-0.1, -0.05) is 31.2 Å². The van der Waals surface area contributed by atoms with Gasteiger partial charge >= 0.3 is 5.97 Å². The van der Waals surface area contributed by atoms with Crippen LogP contribution in [-0.2, 0) is 16.0 Å². The van der Waals surface area contributed by atoms with E-state index in [2.05, 4.69) is 11.9 Å². The number of carbonyl (C=O) groups is 1. The molecule has 1 heterocycles. The molecule has 25 heavy (non-hydrogen) atoms. The van der Waals surface area contributed by atoms with Crippen molar-refractivity contribution in [3.63, 3.8) is 0 Å². The molecular formula is C20H19NO4. The van der Waals surface area contributed by atoms with Crippen LogP contribution in [-0.4, -0.2) is 26.1 Å². The Morgan fingerprint density at radius 3 is 2.24 bits per heavy atom. The summed E-state index contributed by atoms with van der Waals surface area (Å²) in [6.45, 7) is 2.10. The fourth-order valence-corrected chi connectivity index (χ4v) is 2.47. The lowest BCUT2D eigenvalue weighted by atomic mass is 10.1. The van der Waals surface area contributed by atoms with Gasteiger partial charge in [0.2, 0.25) is 5.90 Å². The van der Waals surface area contributed by atoms with Gasteiger partial charge in [0.25, 0.3) is 0 Å². The van der Waals surface area contributed by atoms with Crippen molar-refractivity contribution in [3.8, 4) is 11.5 Å². The predicted molar refractivity (Wildman–Crippen MR) is 96.0 cm³/mol. The molecule has 0 bridgehead atoms. The van der Waals surface area contributed by atoms with E-state index < -0.39 is 5.97 Å². The number of aliphatic imine (C=N–C) groups is 1. The molecule has 0 spiro atoms. The molecule has 0 aromatic heterocycles. The summed E-state index contributed by atoms with van der Waals surface area (Å²) in [4.78, 5) is 16.4. The average Bonchev–Trinajstić information content (AvgIpc) is 3.02. The molecule has 2 aromatic rings. The number of nitrogens with zero attached hydrogens (tertiary/aromatic N) is 1. The Kier molecular flexibility index (Phi) is 4.84. The highest BCUT2D eigenvalue weighted by atomic mass is 16.6. The van der Waals surface area contributed by atoms with Crippen molar-refractivity contribution in [2.45, 2.75) is 13.3 Å². The Hall–Kier alpha value is -3.08. The number of rotatable bonds is 5. The molecule has 0 radical (unpaired) electrons. The van der Waals surface area contributed by atoms with Gasteiger partial charge in [-0.3, -0.25) is 0 Å². The average molecular weight is 337 g/mol. The van der Waals surface area contributed by atoms with E-state index in [1.54, 1.807) is 38.5 Å². The van der Waals surface area contributed by atoms with Gasteiger partial charge in [-0.2, -0.15) is 0 Å². The highest BCUT2D eigenvalue weighted by Crippen LogP contribution is 2.26. The highest BCUT2D eigenvalue weighted by Gasteiger charge is 2.25. The van der Waals surface area contributed by atoms with Gasteiger partial charge in [0.15, 0.2) is 5.70 Å². The standard InChI is InChI=1S/C20H19NO4/c1-4-13-5-7-14(8-6-13)9-18-20(22)25-19(21-18)15-10-16(23-2)12-17(11-15)24-3/h5-12H,4H2,1-3H3/b18-9-. The molecule has 0 amide bonds. The first-order valence-electron chi connectivity index (χ1n) is 7.98. The van der Waals surface area contributed by atoms with Gasteiger partial charge in [0, 0.05) is 11.6 Å². The smallest absolute Gasteiger partial charge is 0.363 e. The molecule has 128 valence electrons. The highest BCUT2D eigenvalue weighted by molar-refractivity contribution is 6.13. The number of hydrogen-bond acceptors (Lipinski definition) is 5. The van der Waals surface area contributed by atoms with E-state index in [1.165, 1.54) is 5.56 Å². The number of benzene rings is 2. The van der Waals surface area contributed by atoms with E-state index in [-0.39, 0.29) is 11.6 Å². The minimum Gasteiger partial charge on any atom is -0.497 e. The Morgan fingerprint density at radius 2 is 1.68 bits per heavy atom. The minimum atomic E-state index is -0.476. The summed E-state index contributed by atoms with van der Waals surface area (Å²) in [5, 5.41) is 0. The quantitative estimate of drug-likeness (QED) is 0.618. The summed E-state index contributed by atoms with van der Waals surface area (Å²) in [5.74, 6) is 0.955. The Labute approximate surface area is 146 Å². The second-order valence-electron chi connectivity index (χ2n) is 5.53. The van der Waals surface area contributed by atoms with E-state index in [0.717, 1.165) is 12.0 Å². The zero-order valence-corrected chi connectivity index (χ0v) is 14.4. The van der Waals surface area contributed by atoms with Crippen molar-refractivity contribution in [3.05, 3.63) is 64.9 Å². The maximum Gasteiger partial charge on any atom is 0.363 e. The van der Waals surface area contributed by atoms with Gasteiger partial charge in [0.05, 0.1) is 14.2 Å². The van der Waals surface area contributed by atoms with Crippen LogP contribution in [0, 0.1) is 0 Å². The van der Waals surface area contributed by atoms with Crippen LogP contribution in [0.25, 0.3) is 6.08 Å². The van der Waals surface area contributed by atoms with Crippen LogP contribution >= 0.6 is 0 Å². The normalized spacial score (nSPS) is 15.1. The third-order valence-electron chi connectivity index (χ3n) is 3.91. The molecule has 5 nitrogen and oxygen atoms in total. The molecule has 0 unspecified atom stereocenters. The molecule has 5 heteroatoms. The van der Waals surface area contributed by atoms with Gasteiger partial charge in [-0.25, -0.2) is 9.79 Å². The molecule has 0 atom stereocenters. The summed E-state index contributed by atoms with van der Waals surface area (Å²) in [6.07, 6.45) is 2.69. The van der Waals surface area contributed by atoms with Gasteiger partial charge < -0.3 is 14.2 Å². The molecule has 0 aliphatic carbocycles. The second kappa shape index (κ2) is 7.21. The zero-order chi connectivity index (χ0) is 17.8. The van der Waals surface area contributed by atoms with Crippen molar-refractivity contribution in [2.75, 3.05) is 14.2 Å². The van der Waals surface area contributed by atoms with Crippen molar-refractivity contribution >= 4 is 17.9 Å². The van der Waals surface area contributed by atoms with E-state index in [0.29, 0.717) is 17.1 Å². The number of hydrogen-bond donors (Lipinski definition) is 0. The maximum absolute atomic E-state index is 12.1. The van der Waals surface area contributed by atoms with Crippen LogP contribution in [0.5, 0.6) is 11.5 Å². The van der Waals surface area contributed by atoms with Crippen LogP contribution < -0.4 is 9.47 Å². The number of methoxy groups -OCH3 is 2. The summed E-state index contributed by atoms with van der Waals surface area (Å²) in [7, 11) is 3.12. The van der Waals surface area contributed by atoms with E-state index in [1.807, 2.05) is 24.3 Å². The molecular weight excluding hydrogens is 318 g/mol. The van der Waals surface area contributed by atoms with Crippen LogP contribution in [0.3, 0.4) is 0 Å². The number of esters is 1. The largest absolute Gasteiger partial charge is 0.497 e. The van der Waals surface area contributed by atoms with Crippen molar-refractivity contribution in [2.24, 2.45) is 4.99 Å². The molecule has 0 N–H and O–H groups in total. The Morgan fingerprint density at radius 1 is 1.04 bits per heavy atom. The predicted octanol–water partition coefficient (Wildman–Crippen LogP) is 3.61. The number of carbonyl (C=O) groups excluding carboxylic acids is 1. The first-order chi connectivity index (χ1) is 12.1. The van der Waals surface area contributed by atoms with Gasteiger partial charge in [0.1, 0.15) is 11.5 Å². The Balaban J connectivity index is 1.93.